The molecular formula is C15H20N4S. The maximum Gasteiger partial charge on any atom is 0.224 e. The molecule has 1 unspecified atom stereocenters. The Balaban J connectivity index is 1.89. The second-order valence-electron chi connectivity index (χ2n) is 5.42. The largest absolute Gasteiger partial charge is 0.368 e. The van der Waals surface area contributed by atoms with Gasteiger partial charge in [0.2, 0.25) is 5.95 Å². The second-order valence-corrected chi connectivity index (χ2v) is 7.10. The summed E-state index contributed by atoms with van der Waals surface area (Å²) in [7, 11) is 1.85. The summed E-state index contributed by atoms with van der Waals surface area (Å²) in [6.45, 7) is 3.28. The molecule has 20 heavy (non-hydrogen) atoms. The minimum atomic E-state index is 0.325. The Morgan fingerprint density at radius 1 is 1.30 bits per heavy atom. The third-order valence-electron chi connectivity index (χ3n) is 3.76. The summed E-state index contributed by atoms with van der Waals surface area (Å²) in [5, 5.41) is 7.64. The van der Waals surface area contributed by atoms with Gasteiger partial charge in [0, 0.05) is 23.7 Å². The fourth-order valence-corrected chi connectivity index (χ4v) is 3.81. The Morgan fingerprint density at radius 2 is 2.15 bits per heavy atom. The summed E-state index contributed by atoms with van der Waals surface area (Å²) in [5.41, 5.74) is 0.971. The van der Waals surface area contributed by atoms with Gasteiger partial charge in [-0.3, -0.25) is 0 Å². The highest BCUT2D eigenvalue weighted by Crippen LogP contribution is 2.38. The van der Waals surface area contributed by atoms with Crippen LogP contribution in [0.4, 0.5) is 11.8 Å². The first-order valence-electron chi connectivity index (χ1n) is 7.03. The van der Waals surface area contributed by atoms with Crippen LogP contribution < -0.4 is 10.6 Å². The summed E-state index contributed by atoms with van der Waals surface area (Å²) in [6, 6.07) is 8.13. The monoisotopic (exact) mass is 288 g/mol. The van der Waals surface area contributed by atoms with Crippen LogP contribution in [-0.4, -0.2) is 34.1 Å². The van der Waals surface area contributed by atoms with Gasteiger partial charge in [-0.05, 0) is 37.7 Å². The van der Waals surface area contributed by atoms with Gasteiger partial charge in [0.25, 0.3) is 0 Å². The normalized spacial score (nSPS) is 22.1. The number of benzene rings is 1. The summed E-state index contributed by atoms with van der Waals surface area (Å²) >= 11 is 2.06. The Hall–Kier alpha value is -1.49. The van der Waals surface area contributed by atoms with Crippen molar-refractivity contribution in [1.82, 2.24) is 9.97 Å². The van der Waals surface area contributed by atoms with Crippen molar-refractivity contribution in [3.8, 4) is 0 Å². The molecule has 2 heterocycles. The number of aromatic nitrogens is 2. The zero-order valence-corrected chi connectivity index (χ0v) is 12.8. The highest BCUT2D eigenvalue weighted by Gasteiger charge is 2.29. The van der Waals surface area contributed by atoms with Crippen LogP contribution in [-0.2, 0) is 0 Å². The van der Waals surface area contributed by atoms with Crippen LogP contribution in [0.15, 0.2) is 24.3 Å². The molecule has 5 heteroatoms. The van der Waals surface area contributed by atoms with Crippen molar-refractivity contribution >= 4 is 34.4 Å². The molecule has 1 fully saturated rings. The lowest BCUT2D eigenvalue weighted by Crippen LogP contribution is -2.27. The first-order chi connectivity index (χ1) is 9.70. The van der Waals surface area contributed by atoms with Gasteiger partial charge >= 0.3 is 0 Å². The van der Waals surface area contributed by atoms with Crippen LogP contribution in [0.1, 0.15) is 19.8 Å². The number of nitrogens with zero attached hydrogens (tertiary/aromatic N) is 2. The van der Waals surface area contributed by atoms with Gasteiger partial charge in [0.1, 0.15) is 5.82 Å². The summed E-state index contributed by atoms with van der Waals surface area (Å²) in [4.78, 5) is 9.05. The average molecular weight is 288 g/mol. The number of nitrogens with one attached hydrogen (secondary N) is 2. The van der Waals surface area contributed by atoms with Crippen LogP contribution in [0.3, 0.4) is 0 Å². The SMILES string of the molecule is CNc1nc(NCC2(C)CCCS2)c2ccccc2n1. The first-order valence-corrected chi connectivity index (χ1v) is 8.01. The molecule has 4 nitrogen and oxygen atoms in total. The molecule has 0 radical (unpaired) electrons. The minimum Gasteiger partial charge on any atom is -0.368 e. The average Bonchev–Trinajstić information content (AvgIpc) is 2.91. The predicted octanol–water partition coefficient (Wildman–Crippen LogP) is 3.37. The number of rotatable bonds is 4. The van der Waals surface area contributed by atoms with E-state index in [0.717, 1.165) is 23.3 Å². The fourth-order valence-electron chi connectivity index (χ4n) is 2.57. The van der Waals surface area contributed by atoms with Crippen molar-refractivity contribution in [1.29, 1.82) is 0 Å². The molecule has 0 amide bonds. The van der Waals surface area contributed by atoms with E-state index < -0.39 is 0 Å². The molecule has 0 saturated carbocycles. The Kier molecular flexibility index (Phi) is 3.70. The number of fused-ring (bicyclic) bond motifs is 1. The van der Waals surface area contributed by atoms with E-state index in [-0.39, 0.29) is 0 Å². The third kappa shape index (κ3) is 2.68. The zero-order valence-electron chi connectivity index (χ0n) is 11.9. The first kappa shape index (κ1) is 13.5. The smallest absolute Gasteiger partial charge is 0.224 e. The van der Waals surface area contributed by atoms with Crippen molar-refractivity contribution in [2.75, 3.05) is 30.0 Å². The van der Waals surface area contributed by atoms with Gasteiger partial charge in [-0.15, -0.1) is 0 Å². The third-order valence-corrected chi connectivity index (χ3v) is 5.30. The van der Waals surface area contributed by atoms with Crippen LogP contribution in [0.5, 0.6) is 0 Å². The molecule has 2 N–H and O–H groups in total. The Bertz CT molecular complexity index is 608. The molecule has 1 aliphatic rings. The van der Waals surface area contributed by atoms with Crippen molar-refractivity contribution in [2.24, 2.45) is 0 Å². The van der Waals surface area contributed by atoms with Crippen LogP contribution >= 0.6 is 11.8 Å². The van der Waals surface area contributed by atoms with E-state index in [1.807, 2.05) is 25.2 Å². The summed E-state index contributed by atoms with van der Waals surface area (Å²) in [6.07, 6.45) is 2.59. The standard InChI is InChI=1S/C15H20N4S/c1-15(8-5-9-20-15)10-17-13-11-6-3-4-7-12(11)18-14(16-2)19-13/h3-4,6-7H,5,8-10H2,1-2H3,(H2,16,17,18,19). The minimum absolute atomic E-state index is 0.325. The lowest BCUT2D eigenvalue weighted by atomic mass is 10.1. The van der Waals surface area contributed by atoms with Crippen LogP contribution in [0.2, 0.25) is 0 Å². The van der Waals surface area contributed by atoms with Crippen molar-refractivity contribution in [2.45, 2.75) is 24.5 Å². The lowest BCUT2D eigenvalue weighted by Gasteiger charge is -2.23. The van der Waals surface area contributed by atoms with Gasteiger partial charge in [0.15, 0.2) is 0 Å². The van der Waals surface area contributed by atoms with E-state index in [0.29, 0.717) is 10.7 Å². The molecule has 1 aromatic carbocycles. The van der Waals surface area contributed by atoms with Gasteiger partial charge in [-0.25, -0.2) is 4.98 Å². The maximum absolute atomic E-state index is 4.57. The molecule has 1 aliphatic heterocycles. The highest BCUT2D eigenvalue weighted by molar-refractivity contribution is 8.00. The quantitative estimate of drug-likeness (QED) is 0.903. The molecule has 1 saturated heterocycles. The maximum atomic E-state index is 4.57. The van der Waals surface area contributed by atoms with Crippen molar-refractivity contribution < 1.29 is 0 Å². The molecular weight excluding hydrogens is 268 g/mol. The number of para-hydroxylation sites is 1. The topological polar surface area (TPSA) is 49.8 Å². The Morgan fingerprint density at radius 3 is 2.90 bits per heavy atom. The van der Waals surface area contributed by atoms with E-state index in [2.05, 4.69) is 45.4 Å². The van der Waals surface area contributed by atoms with Crippen molar-refractivity contribution in [3.63, 3.8) is 0 Å². The molecule has 1 atom stereocenters. The number of thioether (sulfide) groups is 1. The predicted molar refractivity (Wildman–Crippen MR) is 87.7 cm³/mol. The lowest BCUT2D eigenvalue weighted by molar-refractivity contribution is 0.634. The second kappa shape index (κ2) is 5.48. The van der Waals surface area contributed by atoms with Gasteiger partial charge in [0.05, 0.1) is 5.52 Å². The summed E-state index contributed by atoms with van der Waals surface area (Å²) in [5.74, 6) is 2.86. The molecule has 0 aliphatic carbocycles. The van der Waals surface area contributed by atoms with Gasteiger partial charge < -0.3 is 10.6 Å². The molecule has 3 rings (SSSR count). The van der Waals surface area contributed by atoms with E-state index in [1.165, 1.54) is 18.6 Å². The van der Waals surface area contributed by atoms with Gasteiger partial charge in [-0.1, -0.05) is 12.1 Å². The molecule has 0 bridgehead atoms. The highest BCUT2D eigenvalue weighted by atomic mass is 32.2. The molecule has 2 aromatic rings. The molecule has 0 spiro atoms. The number of hydrogen-bond acceptors (Lipinski definition) is 5. The molecule has 1 aromatic heterocycles. The zero-order chi connectivity index (χ0) is 14.0. The van der Waals surface area contributed by atoms with Gasteiger partial charge in [-0.2, -0.15) is 16.7 Å². The number of hydrogen-bond donors (Lipinski definition) is 2. The van der Waals surface area contributed by atoms with Crippen LogP contribution in [0.25, 0.3) is 10.9 Å². The summed E-state index contributed by atoms with van der Waals surface area (Å²) < 4.78 is 0.325. The van der Waals surface area contributed by atoms with E-state index in [4.69, 9.17) is 0 Å². The molecule has 106 valence electrons. The van der Waals surface area contributed by atoms with Crippen LogP contribution in [0, 0.1) is 0 Å². The fraction of sp³-hybridized carbons (Fsp3) is 0.467. The van der Waals surface area contributed by atoms with Crippen molar-refractivity contribution in [3.05, 3.63) is 24.3 Å². The van der Waals surface area contributed by atoms with E-state index >= 15 is 0 Å². The number of anilines is 2. The van der Waals surface area contributed by atoms with E-state index in [9.17, 15) is 0 Å². The van der Waals surface area contributed by atoms with E-state index in [1.54, 1.807) is 0 Å². The Labute approximate surface area is 123 Å².